The predicted molar refractivity (Wildman–Crippen MR) is 71.1 cm³/mol. The maximum Gasteiger partial charge on any atom is 0.335 e. The molecule has 1 aromatic heterocycles. The number of carboxylic acid groups (broad SMARTS) is 1. The van der Waals surface area contributed by atoms with Gasteiger partial charge in [0.15, 0.2) is 0 Å². The highest BCUT2D eigenvalue weighted by molar-refractivity contribution is 5.94. The van der Waals surface area contributed by atoms with Crippen LogP contribution >= 0.6 is 0 Å². The van der Waals surface area contributed by atoms with Gasteiger partial charge in [-0.25, -0.2) is 4.79 Å². The Labute approximate surface area is 106 Å². The monoisotopic (exact) mass is 243 g/mol. The summed E-state index contributed by atoms with van der Waals surface area (Å²) in [4.78, 5) is 11.1. The van der Waals surface area contributed by atoms with E-state index in [9.17, 15) is 4.79 Å². The summed E-state index contributed by atoms with van der Waals surface area (Å²) in [5.74, 6) is -0.853. The van der Waals surface area contributed by atoms with Gasteiger partial charge in [-0.15, -0.1) is 0 Å². The zero-order valence-corrected chi connectivity index (χ0v) is 10.5. The smallest absolute Gasteiger partial charge is 0.335 e. The van der Waals surface area contributed by atoms with Gasteiger partial charge in [-0.2, -0.15) is 0 Å². The van der Waals surface area contributed by atoms with Gasteiger partial charge in [-0.1, -0.05) is 18.9 Å². The van der Waals surface area contributed by atoms with Crippen LogP contribution in [0.1, 0.15) is 47.6 Å². The normalized spacial score (nSPS) is 16.5. The fraction of sp³-hybridized carbons (Fsp3) is 0.400. The van der Waals surface area contributed by atoms with Crippen LogP contribution in [0.3, 0.4) is 0 Å². The highest BCUT2D eigenvalue weighted by Crippen LogP contribution is 2.34. The minimum Gasteiger partial charge on any atom is -0.478 e. The van der Waals surface area contributed by atoms with Crippen molar-refractivity contribution in [3.63, 3.8) is 0 Å². The van der Waals surface area contributed by atoms with Crippen molar-refractivity contribution in [3.05, 3.63) is 35.5 Å². The first-order chi connectivity index (χ1) is 8.66. The van der Waals surface area contributed by atoms with Crippen molar-refractivity contribution in [2.45, 2.75) is 38.6 Å². The lowest BCUT2D eigenvalue weighted by molar-refractivity contribution is 0.0697. The average Bonchev–Trinajstić information content (AvgIpc) is 2.97. The molecule has 1 aliphatic rings. The van der Waals surface area contributed by atoms with Crippen molar-refractivity contribution in [2.24, 2.45) is 0 Å². The fourth-order valence-electron chi connectivity index (χ4n) is 3.04. The molecule has 0 saturated heterocycles. The number of aromatic carboxylic acids is 1. The van der Waals surface area contributed by atoms with E-state index in [4.69, 9.17) is 5.11 Å². The lowest BCUT2D eigenvalue weighted by Gasteiger charge is -2.13. The highest BCUT2D eigenvalue weighted by atomic mass is 16.4. The molecule has 3 nitrogen and oxygen atoms in total. The molecule has 1 heterocycles. The molecule has 1 aliphatic carbocycles. The second kappa shape index (κ2) is 4.16. The Bertz CT molecular complexity index is 606. The number of carboxylic acids is 1. The molecule has 0 aliphatic heterocycles. The molecule has 1 saturated carbocycles. The summed E-state index contributed by atoms with van der Waals surface area (Å²) in [7, 11) is 0. The van der Waals surface area contributed by atoms with E-state index in [-0.39, 0.29) is 0 Å². The quantitative estimate of drug-likeness (QED) is 0.872. The molecule has 0 bridgehead atoms. The SMILES string of the molecule is Cc1cn(C2CCCC2)c2cc(C(=O)O)ccc12. The molecule has 0 radical (unpaired) electrons. The topological polar surface area (TPSA) is 42.2 Å². The van der Waals surface area contributed by atoms with Gasteiger partial charge in [-0.3, -0.25) is 0 Å². The van der Waals surface area contributed by atoms with E-state index in [1.807, 2.05) is 12.1 Å². The Balaban J connectivity index is 2.18. The Morgan fingerprint density at radius 2 is 2.06 bits per heavy atom. The average molecular weight is 243 g/mol. The van der Waals surface area contributed by atoms with Crippen molar-refractivity contribution in [3.8, 4) is 0 Å². The first-order valence-corrected chi connectivity index (χ1v) is 6.51. The molecule has 1 fully saturated rings. The number of rotatable bonds is 2. The van der Waals surface area contributed by atoms with Crippen LogP contribution in [0.4, 0.5) is 0 Å². The number of aromatic nitrogens is 1. The Morgan fingerprint density at radius 3 is 2.72 bits per heavy atom. The second-order valence-corrected chi connectivity index (χ2v) is 5.19. The third kappa shape index (κ3) is 1.70. The predicted octanol–water partition coefficient (Wildman–Crippen LogP) is 3.76. The van der Waals surface area contributed by atoms with Crippen LogP contribution in [0.5, 0.6) is 0 Å². The molecule has 0 spiro atoms. The van der Waals surface area contributed by atoms with E-state index in [2.05, 4.69) is 17.7 Å². The van der Waals surface area contributed by atoms with Crippen molar-refractivity contribution >= 4 is 16.9 Å². The van der Waals surface area contributed by atoms with Crippen molar-refractivity contribution in [1.82, 2.24) is 4.57 Å². The number of nitrogens with zero attached hydrogens (tertiary/aromatic N) is 1. The summed E-state index contributed by atoms with van der Waals surface area (Å²) in [6.07, 6.45) is 7.15. The van der Waals surface area contributed by atoms with Crippen molar-refractivity contribution < 1.29 is 9.90 Å². The van der Waals surface area contributed by atoms with Gasteiger partial charge in [0.2, 0.25) is 0 Å². The Kier molecular flexibility index (Phi) is 2.62. The summed E-state index contributed by atoms with van der Waals surface area (Å²) >= 11 is 0. The first kappa shape index (κ1) is 11.3. The molecule has 0 amide bonds. The maximum atomic E-state index is 11.1. The standard InChI is InChI=1S/C15H17NO2/c1-10-9-16(12-4-2-3-5-12)14-8-11(15(17)18)6-7-13(10)14/h6-9,12H,2-5H2,1H3,(H,17,18). The van der Waals surface area contributed by atoms with Crippen molar-refractivity contribution in [2.75, 3.05) is 0 Å². The molecule has 3 heteroatoms. The summed E-state index contributed by atoms with van der Waals surface area (Å²) < 4.78 is 2.28. The first-order valence-electron chi connectivity index (χ1n) is 6.51. The zero-order valence-electron chi connectivity index (χ0n) is 10.5. The number of fused-ring (bicyclic) bond motifs is 1. The number of hydrogen-bond acceptors (Lipinski definition) is 1. The van der Waals surface area contributed by atoms with Crippen LogP contribution < -0.4 is 0 Å². The minimum atomic E-state index is -0.853. The van der Waals surface area contributed by atoms with E-state index in [1.165, 1.54) is 36.6 Å². The molecule has 0 atom stereocenters. The number of aryl methyl sites for hydroxylation is 1. The van der Waals surface area contributed by atoms with Crippen LogP contribution in [0.2, 0.25) is 0 Å². The lowest BCUT2D eigenvalue weighted by Crippen LogP contribution is -2.03. The second-order valence-electron chi connectivity index (χ2n) is 5.19. The molecule has 1 N–H and O–H groups in total. The van der Waals surface area contributed by atoms with Gasteiger partial charge in [0.25, 0.3) is 0 Å². The van der Waals surface area contributed by atoms with Crippen LogP contribution in [0.25, 0.3) is 10.9 Å². The molecule has 1 aromatic carbocycles. The molecule has 0 unspecified atom stereocenters. The van der Waals surface area contributed by atoms with E-state index in [1.54, 1.807) is 6.07 Å². The molecule has 2 aromatic rings. The summed E-state index contributed by atoms with van der Waals surface area (Å²) in [5, 5.41) is 10.3. The van der Waals surface area contributed by atoms with Crippen LogP contribution in [-0.4, -0.2) is 15.6 Å². The van der Waals surface area contributed by atoms with Gasteiger partial charge in [0.1, 0.15) is 0 Å². The third-order valence-corrected chi connectivity index (χ3v) is 4.00. The number of benzene rings is 1. The summed E-state index contributed by atoms with van der Waals surface area (Å²) in [6, 6.07) is 5.98. The molecular formula is C15H17NO2. The van der Waals surface area contributed by atoms with Crippen LogP contribution in [0, 0.1) is 6.92 Å². The molecule has 18 heavy (non-hydrogen) atoms. The maximum absolute atomic E-state index is 11.1. The van der Waals surface area contributed by atoms with E-state index in [0.717, 1.165) is 5.52 Å². The number of carbonyl (C=O) groups is 1. The van der Waals surface area contributed by atoms with Gasteiger partial charge >= 0.3 is 5.97 Å². The summed E-state index contributed by atoms with van der Waals surface area (Å²) in [5.41, 5.74) is 2.67. The van der Waals surface area contributed by atoms with Gasteiger partial charge < -0.3 is 9.67 Å². The van der Waals surface area contributed by atoms with Gasteiger partial charge in [-0.05, 0) is 37.5 Å². The fourth-order valence-corrected chi connectivity index (χ4v) is 3.04. The van der Waals surface area contributed by atoms with E-state index in [0.29, 0.717) is 11.6 Å². The van der Waals surface area contributed by atoms with Gasteiger partial charge in [0.05, 0.1) is 5.56 Å². The minimum absolute atomic E-state index is 0.375. The molecule has 3 rings (SSSR count). The largest absolute Gasteiger partial charge is 0.478 e. The molecule has 94 valence electrons. The third-order valence-electron chi connectivity index (χ3n) is 4.00. The van der Waals surface area contributed by atoms with Crippen molar-refractivity contribution in [1.29, 1.82) is 0 Å². The van der Waals surface area contributed by atoms with Gasteiger partial charge in [0, 0.05) is 23.1 Å². The summed E-state index contributed by atoms with van der Waals surface area (Å²) in [6.45, 7) is 2.09. The highest BCUT2D eigenvalue weighted by Gasteiger charge is 2.19. The number of hydrogen-bond donors (Lipinski definition) is 1. The molecular weight excluding hydrogens is 226 g/mol. The van der Waals surface area contributed by atoms with Crippen LogP contribution in [-0.2, 0) is 0 Å². The lowest BCUT2D eigenvalue weighted by atomic mass is 10.1. The Morgan fingerprint density at radius 1 is 1.33 bits per heavy atom. The van der Waals surface area contributed by atoms with E-state index >= 15 is 0 Å². The van der Waals surface area contributed by atoms with Crippen LogP contribution in [0.15, 0.2) is 24.4 Å². The zero-order chi connectivity index (χ0) is 12.7. The van der Waals surface area contributed by atoms with E-state index < -0.39 is 5.97 Å². The Hall–Kier alpha value is -1.77.